The number of hydrogen-bond donors (Lipinski definition) is 1. The molecule has 1 heterocycles. The van der Waals surface area contributed by atoms with Gasteiger partial charge in [0.05, 0.1) is 12.7 Å². The zero-order valence-electron chi connectivity index (χ0n) is 12.8. The summed E-state index contributed by atoms with van der Waals surface area (Å²) in [6, 6.07) is 7.12. The first-order valence-corrected chi connectivity index (χ1v) is 7.00. The van der Waals surface area contributed by atoms with E-state index in [1.165, 1.54) is 19.2 Å². The first-order chi connectivity index (χ1) is 11.4. The average molecular weight is 340 g/mol. The Kier molecular flexibility index (Phi) is 5.62. The molecular weight excluding hydrogens is 325 g/mol. The molecule has 0 saturated carbocycles. The van der Waals surface area contributed by atoms with Gasteiger partial charge in [0.2, 0.25) is 0 Å². The standard InChI is InChI=1S/C16H15F3N2O3/c1-23-12-4-5-14(24-16(17,18)19)13(9-12)15(22)21-8-6-11-3-2-7-20-10-11/h2-5,7,9-10H,6,8H2,1H3,(H,21,22). The van der Waals surface area contributed by atoms with E-state index in [1.807, 2.05) is 6.07 Å². The minimum atomic E-state index is -4.89. The number of alkyl halides is 3. The van der Waals surface area contributed by atoms with Crippen molar-refractivity contribution in [2.45, 2.75) is 12.8 Å². The van der Waals surface area contributed by atoms with Crippen LogP contribution in [0.5, 0.6) is 11.5 Å². The Morgan fingerprint density at radius 2 is 2.08 bits per heavy atom. The number of nitrogens with one attached hydrogen (secondary N) is 1. The fourth-order valence-electron chi connectivity index (χ4n) is 1.99. The number of halogens is 3. The van der Waals surface area contributed by atoms with Crippen molar-refractivity contribution < 1.29 is 27.4 Å². The van der Waals surface area contributed by atoms with Crippen LogP contribution in [-0.4, -0.2) is 30.9 Å². The number of carbonyl (C=O) groups excluding carboxylic acids is 1. The van der Waals surface area contributed by atoms with E-state index >= 15 is 0 Å². The summed E-state index contributed by atoms with van der Waals surface area (Å²) in [5.74, 6) is -1.01. The number of benzene rings is 1. The predicted octanol–water partition coefficient (Wildman–Crippen LogP) is 2.96. The lowest BCUT2D eigenvalue weighted by molar-refractivity contribution is -0.274. The molecule has 8 heteroatoms. The van der Waals surface area contributed by atoms with Gasteiger partial charge in [0.15, 0.2) is 0 Å². The van der Waals surface area contributed by atoms with Crippen LogP contribution in [0.3, 0.4) is 0 Å². The Labute approximate surface area is 136 Å². The van der Waals surface area contributed by atoms with Crippen molar-refractivity contribution in [2.75, 3.05) is 13.7 Å². The lowest BCUT2D eigenvalue weighted by Crippen LogP contribution is -2.27. The number of pyridine rings is 1. The molecule has 0 aliphatic carbocycles. The minimum absolute atomic E-state index is 0.243. The van der Waals surface area contributed by atoms with Crippen molar-refractivity contribution in [3.63, 3.8) is 0 Å². The van der Waals surface area contributed by atoms with Crippen molar-refractivity contribution >= 4 is 5.91 Å². The highest BCUT2D eigenvalue weighted by molar-refractivity contribution is 5.97. The lowest BCUT2D eigenvalue weighted by atomic mass is 10.1. The summed E-state index contributed by atoms with van der Waals surface area (Å²) in [4.78, 5) is 16.1. The van der Waals surface area contributed by atoms with Crippen molar-refractivity contribution in [3.05, 3.63) is 53.9 Å². The quantitative estimate of drug-likeness (QED) is 0.878. The van der Waals surface area contributed by atoms with E-state index in [1.54, 1.807) is 18.5 Å². The van der Waals surface area contributed by atoms with Crippen molar-refractivity contribution in [1.29, 1.82) is 0 Å². The molecule has 1 aromatic heterocycles. The molecule has 0 fully saturated rings. The first kappa shape index (κ1) is 17.6. The zero-order valence-corrected chi connectivity index (χ0v) is 12.8. The number of rotatable bonds is 6. The van der Waals surface area contributed by atoms with Crippen LogP contribution in [0.15, 0.2) is 42.7 Å². The molecule has 0 spiro atoms. The largest absolute Gasteiger partial charge is 0.573 e. The van der Waals surface area contributed by atoms with E-state index in [0.29, 0.717) is 6.42 Å². The normalized spacial score (nSPS) is 11.0. The summed E-state index contributed by atoms with van der Waals surface area (Å²) in [5, 5.41) is 2.56. The van der Waals surface area contributed by atoms with Crippen molar-refractivity contribution in [3.8, 4) is 11.5 Å². The molecule has 0 bridgehead atoms. The summed E-state index contributed by atoms with van der Waals surface area (Å²) < 4.78 is 46.2. The van der Waals surface area contributed by atoms with Crippen LogP contribution in [0.1, 0.15) is 15.9 Å². The number of carbonyl (C=O) groups is 1. The molecule has 1 aromatic carbocycles. The van der Waals surface area contributed by atoms with Crippen LogP contribution in [0.25, 0.3) is 0 Å². The van der Waals surface area contributed by atoms with Crippen LogP contribution in [0, 0.1) is 0 Å². The molecule has 0 aliphatic rings. The maximum atomic E-state index is 12.4. The van der Waals surface area contributed by atoms with E-state index in [-0.39, 0.29) is 17.9 Å². The molecule has 5 nitrogen and oxygen atoms in total. The van der Waals surface area contributed by atoms with Gasteiger partial charge in [-0.05, 0) is 36.2 Å². The maximum absolute atomic E-state index is 12.4. The third-order valence-electron chi connectivity index (χ3n) is 3.08. The second kappa shape index (κ2) is 7.67. The molecule has 0 atom stereocenters. The highest BCUT2D eigenvalue weighted by Gasteiger charge is 2.33. The Hall–Kier alpha value is -2.77. The molecule has 0 saturated heterocycles. The smallest absolute Gasteiger partial charge is 0.497 e. The fraction of sp³-hybridized carbons (Fsp3) is 0.250. The SMILES string of the molecule is COc1ccc(OC(F)(F)F)c(C(=O)NCCc2cccnc2)c1. The van der Waals surface area contributed by atoms with Crippen LogP contribution in [-0.2, 0) is 6.42 Å². The van der Waals surface area contributed by atoms with Gasteiger partial charge < -0.3 is 14.8 Å². The molecule has 1 amide bonds. The van der Waals surface area contributed by atoms with Gasteiger partial charge in [-0.25, -0.2) is 0 Å². The van der Waals surface area contributed by atoms with Gasteiger partial charge in [-0.15, -0.1) is 13.2 Å². The van der Waals surface area contributed by atoms with E-state index in [2.05, 4.69) is 15.0 Å². The summed E-state index contributed by atoms with van der Waals surface area (Å²) in [7, 11) is 1.35. The van der Waals surface area contributed by atoms with Gasteiger partial charge in [0.25, 0.3) is 5.91 Å². The Morgan fingerprint density at radius 3 is 2.71 bits per heavy atom. The molecule has 2 aromatic rings. The monoisotopic (exact) mass is 340 g/mol. The molecule has 24 heavy (non-hydrogen) atoms. The van der Waals surface area contributed by atoms with Crippen molar-refractivity contribution in [2.24, 2.45) is 0 Å². The molecular formula is C16H15F3N2O3. The molecule has 1 N–H and O–H groups in total. The van der Waals surface area contributed by atoms with Gasteiger partial charge in [-0.2, -0.15) is 0 Å². The maximum Gasteiger partial charge on any atom is 0.573 e. The lowest BCUT2D eigenvalue weighted by Gasteiger charge is -2.14. The third-order valence-corrected chi connectivity index (χ3v) is 3.08. The highest BCUT2D eigenvalue weighted by atomic mass is 19.4. The number of nitrogens with zero attached hydrogens (tertiary/aromatic N) is 1. The molecule has 0 unspecified atom stereocenters. The first-order valence-electron chi connectivity index (χ1n) is 7.00. The number of aromatic nitrogens is 1. The van der Waals surface area contributed by atoms with E-state index in [4.69, 9.17) is 4.74 Å². The van der Waals surface area contributed by atoms with Crippen LogP contribution >= 0.6 is 0 Å². The summed E-state index contributed by atoms with van der Waals surface area (Å²) >= 11 is 0. The summed E-state index contributed by atoms with van der Waals surface area (Å²) in [6.07, 6.45) is -1.12. The van der Waals surface area contributed by atoms with Gasteiger partial charge in [-0.3, -0.25) is 9.78 Å². The fourth-order valence-corrected chi connectivity index (χ4v) is 1.99. The topological polar surface area (TPSA) is 60.5 Å². The molecule has 0 aliphatic heterocycles. The molecule has 128 valence electrons. The van der Waals surface area contributed by atoms with Gasteiger partial charge in [-0.1, -0.05) is 6.07 Å². The third kappa shape index (κ3) is 5.15. The highest BCUT2D eigenvalue weighted by Crippen LogP contribution is 2.29. The number of amides is 1. The Balaban J connectivity index is 2.08. The van der Waals surface area contributed by atoms with Crippen molar-refractivity contribution in [1.82, 2.24) is 10.3 Å². The van der Waals surface area contributed by atoms with Crippen LogP contribution < -0.4 is 14.8 Å². The van der Waals surface area contributed by atoms with Crippen LogP contribution in [0.4, 0.5) is 13.2 Å². The minimum Gasteiger partial charge on any atom is -0.497 e. The zero-order chi connectivity index (χ0) is 17.6. The van der Waals surface area contributed by atoms with E-state index in [0.717, 1.165) is 11.6 Å². The van der Waals surface area contributed by atoms with Gasteiger partial charge >= 0.3 is 6.36 Å². The van der Waals surface area contributed by atoms with Gasteiger partial charge in [0.1, 0.15) is 11.5 Å². The molecule has 0 radical (unpaired) electrons. The van der Waals surface area contributed by atoms with E-state index in [9.17, 15) is 18.0 Å². The van der Waals surface area contributed by atoms with Gasteiger partial charge in [0, 0.05) is 18.9 Å². The second-order valence-electron chi connectivity index (χ2n) is 4.78. The summed E-state index contributed by atoms with van der Waals surface area (Å²) in [6.45, 7) is 0.243. The van der Waals surface area contributed by atoms with E-state index < -0.39 is 18.0 Å². The summed E-state index contributed by atoms with van der Waals surface area (Å²) in [5.41, 5.74) is 0.646. The second-order valence-corrected chi connectivity index (χ2v) is 4.78. The Bertz CT molecular complexity index is 691. The number of ether oxygens (including phenoxy) is 2. The molecule has 2 rings (SSSR count). The Morgan fingerprint density at radius 1 is 1.29 bits per heavy atom. The number of hydrogen-bond acceptors (Lipinski definition) is 4. The average Bonchev–Trinajstić information content (AvgIpc) is 2.54. The van der Waals surface area contributed by atoms with Crippen LogP contribution in [0.2, 0.25) is 0 Å². The predicted molar refractivity (Wildman–Crippen MR) is 80.0 cm³/mol. The number of methoxy groups -OCH3 is 1.